The van der Waals surface area contributed by atoms with Crippen molar-refractivity contribution in [2.75, 3.05) is 12.8 Å². The van der Waals surface area contributed by atoms with Gasteiger partial charge in [-0.15, -0.1) is 0 Å². The highest BCUT2D eigenvalue weighted by molar-refractivity contribution is 5.88. The van der Waals surface area contributed by atoms with Crippen LogP contribution in [-0.2, 0) is 16.0 Å². The summed E-state index contributed by atoms with van der Waals surface area (Å²) in [5.41, 5.74) is 6.96. The molecule has 0 saturated carbocycles. The molecule has 0 heterocycles. The third-order valence-corrected chi connectivity index (χ3v) is 2.67. The maximum absolute atomic E-state index is 11.8. The highest BCUT2D eigenvalue weighted by Gasteiger charge is 2.24. The molecule has 0 aliphatic rings. The fraction of sp³-hybridized carbons (Fsp3) is 0.385. The SMILES string of the molecule is CNC(=O)C(NC(=O)Cc1ccc(N)cc1)C(C)O. The standard InChI is InChI=1S/C13H19N3O3/c1-8(17)12(13(19)15-2)16-11(18)7-9-3-5-10(14)6-4-9/h3-6,8,12,17H,7,14H2,1-2H3,(H,15,19)(H,16,18). The molecule has 19 heavy (non-hydrogen) atoms. The van der Waals surface area contributed by atoms with Gasteiger partial charge in [0, 0.05) is 12.7 Å². The monoisotopic (exact) mass is 265 g/mol. The molecule has 0 radical (unpaired) electrons. The van der Waals surface area contributed by atoms with Crippen molar-refractivity contribution in [3.05, 3.63) is 29.8 Å². The maximum Gasteiger partial charge on any atom is 0.245 e. The van der Waals surface area contributed by atoms with Gasteiger partial charge in [0.1, 0.15) is 6.04 Å². The molecule has 6 heteroatoms. The van der Waals surface area contributed by atoms with Crippen molar-refractivity contribution < 1.29 is 14.7 Å². The van der Waals surface area contributed by atoms with Crippen molar-refractivity contribution in [1.82, 2.24) is 10.6 Å². The third-order valence-electron chi connectivity index (χ3n) is 2.67. The van der Waals surface area contributed by atoms with E-state index < -0.39 is 18.1 Å². The van der Waals surface area contributed by atoms with Gasteiger partial charge in [-0.25, -0.2) is 0 Å². The molecular formula is C13H19N3O3. The molecular weight excluding hydrogens is 246 g/mol. The maximum atomic E-state index is 11.8. The lowest BCUT2D eigenvalue weighted by Crippen LogP contribution is -2.52. The number of hydrogen-bond donors (Lipinski definition) is 4. The Labute approximate surface area is 112 Å². The number of nitrogens with one attached hydrogen (secondary N) is 2. The summed E-state index contributed by atoms with van der Waals surface area (Å²) in [6, 6.07) is 5.94. The minimum Gasteiger partial charge on any atom is -0.399 e. The molecule has 2 atom stereocenters. The van der Waals surface area contributed by atoms with E-state index in [2.05, 4.69) is 10.6 Å². The van der Waals surface area contributed by atoms with Crippen molar-refractivity contribution >= 4 is 17.5 Å². The number of nitrogens with two attached hydrogens (primary N) is 1. The lowest BCUT2D eigenvalue weighted by molar-refractivity contribution is -0.130. The number of aliphatic hydroxyl groups excluding tert-OH is 1. The van der Waals surface area contributed by atoms with Crippen LogP contribution in [0.25, 0.3) is 0 Å². The number of anilines is 1. The largest absolute Gasteiger partial charge is 0.399 e. The Morgan fingerprint density at radius 1 is 1.32 bits per heavy atom. The number of carbonyl (C=O) groups is 2. The molecule has 0 fully saturated rings. The van der Waals surface area contributed by atoms with Crippen molar-refractivity contribution in [1.29, 1.82) is 0 Å². The van der Waals surface area contributed by atoms with Crippen LogP contribution in [0.15, 0.2) is 24.3 Å². The number of aliphatic hydroxyl groups is 1. The Bertz CT molecular complexity index is 443. The zero-order chi connectivity index (χ0) is 14.4. The van der Waals surface area contributed by atoms with E-state index in [0.717, 1.165) is 5.56 Å². The molecule has 0 aliphatic carbocycles. The van der Waals surface area contributed by atoms with Crippen molar-refractivity contribution in [3.8, 4) is 0 Å². The highest BCUT2D eigenvalue weighted by Crippen LogP contribution is 2.06. The number of likely N-dealkylation sites (N-methyl/N-ethyl adjacent to an activating group) is 1. The first-order valence-electron chi connectivity index (χ1n) is 5.97. The van der Waals surface area contributed by atoms with E-state index in [1.54, 1.807) is 24.3 Å². The smallest absolute Gasteiger partial charge is 0.245 e. The molecule has 2 amide bonds. The third kappa shape index (κ3) is 4.59. The highest BCUT2D eigenvalue weighted by atomic mass is 16.3. The summed E-state index contributed by atoms with van der Waals surface area (Å²) < 4.78 is 0. The van der Waals surface area contributed by atoms with E-state index in [1.165, 1.54) is 14.0 Å². The Balaban J connectivity index is 2.62. The molecule has 6 nitrogen and oxygen atoms in total. The quantitative estimate of drug-likeness (QED) is 0.535. The molecule has 1 aromatic carbocycles. The summed E-state index contributed by atoms with van der Waals surface area (Å²) in [6.07, 6.45) is -0.837. The van der Waals surface area contributed by atoms with Crippen LogP contribution in [-0.4, -0.2) is 36.1 Å². The average Bonchev–Trinajstić information content (AvgIpc) is 2.37. The van der Waals surface area contributed by atoms with Crippen molar-refractivity contribution in [2.45, 2.75) is 25.5 Å². The fourth-order valence-corrected chi connectivity index (χ4v) is 1.61. The number of benzene rings is 1. The second kappa shape index (κ2) is 6.75. The molecule has 0 aliphatic heterocycles. The number of carbonyl (C=O) groups excluding carboxylic acids is 2. The van der Waals surface area contributed by atoms with Gasteiger partial charge < -0.3 is 21.5 Å². The van der Waals surface area contributed by atoms with Crippen LogP contribution in [0, 0.1) is 0 Å². The predicted octanol–water partition coefficient (Wildman–Crippen LogP) is -0.577. The van der Waals surface area contributed by atoms with E-state index in [4.69, 9.17) is 5.73 Å². The zero-order valence-corrected chi connectivity index (χ0v) is 11.0. The summed E-state index contributed by atoms with van der Waals surface area (Å²) in [6.45, 7) is 1.45. The predicted molar refractivity (Wildman–Crippen MR) is 72.2 cm³/mol. The minimum atomic E-state index is -0.963. The van der Waals surface area contributed by atoms with Crippen LogP contribution in [0.1, 0.15) is 12.5 Å². The minimum absolute atomic E-state index is 0.125. The molecule has 0 bridgehead atoms. The second-order valence-corrected chi connectivity index (χ2v) is 4.32. The molecule has 1 rings (SSSR count). The first-order valence-corrected chi connectivity index (χ1v) is 5.97. The number of rotatable bonds is 5. The van der Waals surface area contributed by atoms with Crippen molar-refractivity contribution in [3.63, 3.8) is 0 Å². The average molecular weight is 265 g/mol. The molecule has 104 valence electrons. The van der Waals surface area contributed by atoms with Gasteiger partial charge >= 0.3 is 0 Å². The van der Waals surface area contributed by atoms with Gasteiger partial charge in [0.2, 0.25) is 11.8 Å². The Morgan fingerprint density at radius 2 is 1.89 bits per heavy atom. The van der Waals surface area contributed by atoms with Crippen LogP contribution in [0.4, 0.5) is 5.69 Å². The van der Waals surface area contributed by atoms with Gasteiger partial charge in [0.25, 0.3) is 0 Å². The Morgan fingerprint density at radius 3 is 2.37 bits per heavy atom. The molecule has 1 aromatic rings. The molecule has 0 aromatic heterocycles. The fourth-order valence-electron chi connectivity index (χ4n) is 1.61. The number of nitrogen functional groups attached to an aromatic ring is 1. The molecule has 0 spiro atoms. The molecule has 2 unspecified atom stereocenters. The van der Waals surface area contributed by atoms with E-state index in [0.29, 0.717) is 5.69 Å². The normalized spacial score (nSPS) is 13.4. The van der Waals surface area contributed by atoms with Crippen LogP contribution in [0.2, 0.25) is 0 Å². The zero-order valence-electron chi connectivity index (χ0n) is 11.0. The van der Waals surface area contributed by atoms with E-state index in [1.807, 2.05) is 0 Å². The summed E-state index contributed by atoms with van der Waals surface area (Å²) >= 11 is 0. The summed E-state index contributed by atoms with van der Waals surface area (Å²) in [7, 11) is 1.45. The van der Waals surface area contributed by atoms with Gasteiger partial charge in [-0.2, -0.15) is 0 Å². The van der Waals surface area contributed by atoms with Gasteiger partial charge in [-0.1, -0.05) is 12.1 Å². The van der Waals surface area contributed by atoms with Gasteiger partial charge in [0.05, 0.1) is 12.5 Å². The summed E-state index contributed by atoms with van der Waals surface area (Å²) in [5.74, 6) is -0.764. The van der Waals surface area contributed by atoms with Crippen LogP contribution in [0.3, 0.4) is 0 Å². The topological polar surface area (TPSA) is 104 Å². The van der Waals surface area contributed by atoms with Crippen LogP contribution in [0.5, 0.6) is 0 Å². The lowest BCUT2D eigenvalue weighted by Gasteiger charge is -2.19. The summed E-state index contributed by atoms with van der Waals surface area (Å²) in [5, 5.41) is 14.4. The Hall–Kier alpha value is -2.08. The van der Waals surface area contributed by atoms with Gasteiger partial charge in [-0.3, -0.25) is 9.59 Å². The molecule has 0 saturated heterocycles. The molecule has 5 N–H and O–H groups in total. The van der Waals surface area contributed by atoms with E-state index in [-0.39, 0.29) is 12.3 Å². The second-order valence-electron chi connectivity index (χ2n) is 4.32. The lowest BCUT2D eigenvalue weighted by atomic mass is 10.1. The first kappa shape index (κ1) is 15.0. The van der Waals surface area contributed by atoms with Gasteiger partial charge in [0.15, 0.2) is 0 Å². The van der Waals surface area contributed by atoms with Crippen LogP contribution < -0.4 is 16.4 Å². The van der Waals surface area contributed by atoms with Crippen LogP contribution >= 0.6 is 0 Å². The van der Waals surface area contributed by atoms with E-state index in [9.17, 15) is 14.7 Å². The van der Waals surface area contributed by atoms with Gasteiger partial charge in [-0.05, 0) is 24.6 Å². The first-order chi connectivity index (χ1) is 8.93. The van der Waals surface area contributed by atoms with E-state index >= 15 is 0 Å². The number of amides is 2. The number of hydrogen-bond acceptors (Lipinski definition) is 4. The van der Waals surface area contributed by atoms with Crippen molar-refractivity contribution in [2.24, 2.45) is 0 Å². The summed E-state index contributed by atoms with van der Waals surface area (Å²) in [4.78, 5) is 23.3. The Kier molecular flexibility index (Phi) is 5.32.